The number of hydrogen-bond acceptors (Lipinski definition) is 7. The number of likely N-dealkylation sites (tertiary alicyclic amines) is 1. The highest BCUT2D eigenvalue weighted by molar-refractivity contribution is 6.06. The predicted molar refractivity (Wildman–Crippen MR) is 116 cm³/mol. The maximum Gasteiger partial charge on any atom is 0.410 e. The van der Waals surface area contributed by atoms with Crippen LogP contribution < -0.4 is 4.74 Å². The van der Waals surface area contributed by atoms with E-state index in [4.69, 9.17) is 9.47 Å². The Morgan fingerprint density at radius 2 is 1.82 bits per heavy atom. The van der Waals surface area contributed by atoms with Crippen LogP contribution in [0.3, 0.4) is 0 Å². The molecule has 2 aromatic rings. The minimum absolute atomic E-state index is 0.0541. The van der Waals surface area contributed by atoms with Crippen molar-refractivity contribution in [2.24, 2.45) is 0 Å². The fraction of sp³-hybridized carbons (Fsp3) is 0.435. The van der Waals surface area contributed by atoms with Crippen molar-refractivity contribution in [3.8, 4) is 17.0 Å². The van der Waals surface area contributed by atoms with E-state index in [2.05, 4.69) is 4.98 Å². The second-order valence-electron chi connectivity index (χ2n) is 9.34. The zero-order valence-corrected chi connectivity index (χ0v) is 18.8. The molecule has 0 bridgehead atoms. The van der Waals surface area contributed by atoms with Crippen LogP contribution in [0.25, 0.3) is 11.3 Å². The number of aromatic nitrogens is 1. The Morgan fingerprint density at radius 3 is 2.38 bits per heavy atom. The van der Waals surface area contributed by atoms with E-state index < -0.39 is 33.9 Å². The lowest BCUT2D eigenvalue weighted by Crippen LogP contribution is -2.64. The standard InChI is InChI=1S/C23H23F2N3O6/c1-21(2,3)34-20(30)27-10-8-22(9-11-27)23(24,25)19(29)16-12-17(26-13-18(16)33-22)14-4-6-15(7-5-14)28(31)32/h4-7,12-13H,8-11H2,1-3H3. The molecule has 1 aromatic heterocycles. The van der Waals surface area contributed by atoms with Crippen LogP contribution in [0.1, 0.15) is 44.0 Å². The van der Waals surface area contributed by atoms with Crippen LogP contribution in [0.5, 0.6) is 5.75 Å². The summed E-state index contributed by atoms with van der Waals surface area (Å²) < 4.78 is 41.8. The Hall–Kier alpha value is -3.63. The van der Waals surface area contributed by atoms with Crippen LogP contribution in [-0.2, 0) is 4.74 Å². The Balaban J connectivity index is 1.58. The van der Waals surface area contributed by atoms with Crippen molar-refractivity contribution < 1.29 is 32.8 Å². The molecule has 1 fully saturated rings. The number of halogens is 2. The van der Waals surface area contributed by atoms with Crippen molar-refractivity contribution in [2.45, 2.75) is 50.7 Å². The molecule has 0 unspecified atom stereocenters. The zero-order chi connectivity index (χ0) is 24.9. The number of pyridine rings is 1. The fourth-order valence-corrected chi connectivity index (χ4v) is 4.06. The number of nitro groups is 1. The molecule has 0 saturated carbocycles. The normalized spacial score (nSPS) is 18.7. The summed E-state index contributed by atoms with van der Waals surface area (Å²) in [7, 11) is 0. The van der Waals surface area contributed by atoms with Gasteiger partial charge in [-0.05, 0) is 39.0 Å². The summed E-state index contributed by atoms with van der Waals surface area (Å²) >= 11 is 0. The van der Waals surface area contributed by atoms with Gasteiger partial charge in [-0.2, -0.15) is 8.78 Å². The van der Waals surface area contributed by atoms with E-state index in [0.717, 1.165) is 0 Å². The Kier molecular flexibility index (Phi) is 5.53. The molecule has 0 aliphatic carbocycles. The Morgan fingerprint density at radius 1 is 1.21 bits per heavy atom. The molecule has 1 saturated heterocycles. The third-order valence-electron chi connectivity index (χ3n) is 5.87. The minimum atomic E-state index is -3.83. The molecule has 11 heteroatoms. The first-order chi connectivity index (χ1) is 15.8. The first kappa shape index (κ1) is 23.5. The lowest BCUT2D eigenvalue weighted by molar-refractivity contribution is -0.384. The predicted octanol–water partition coefficient (Wildman–Crippen LogP) is 4.64. The second-order valence-corrected chi connectivity index (χ2v) is 9.34. The molecule has 1 spiro atoms. The number of fused-ring (bicyclic) bond motifs is 1. The molecule has 0 atom stereocenters. The number of hydrogen-bond donors (Lipinski definition) is 0. The molecule has 0 N–H and O–H groups in total. The van der Waals surface area contributed by atoms with Crippen LogP contribution in [-0.4, -0.2) is 56.9 Å². The van der Waals surface area contributed by atoms with Gasteiger partial charge in [-0.1, -0.05) is 0 Å². The van der Waals surface area contributed by atoms with E-state index in [1.165, 1.54) is 41.4 Å². The van der Waals surface area contributed by atoms with Crippen molar-refractivity contribution in [1.82, 2.24) is 9.88 Å². The quantitative estimate of drug-likeness (QED) is 0.460. The van der Waals surface area contributed by atoms with E-state index in [9.17, 15) is 19.7 Å². The SMILES string of the molecule is CC(C)(C)OC(=O)N1CCC2(CC1)Oc1cnc(-c3ccc([N+](=O)[O-])cc3)cc1C(=O)C2(F)F. The van der Waals surface area contributed by atoms with E-state index in [-0.39, 0.29) is 48.6 Å². The largest absolute Gasteiger partial charge is 0.478 e. The van der Waals surface area contributed by atoms with Crippen LogP contribution in [0, 0.1) is 10.1 Å². The van der Waals surface area contributed by atoms with Gasteiger partial charge in [-0.3, -0.25) is 19.9 Å². The van der Waals surface area contributed by atoms with Gasteiger partial charge >= 0.3 is 12.0 Å². The van der Waals surface area contributed by atoms with Gasteiger partial charge in [0.25, 0.3) is 5.69 Å². The topological polar surface area (TPSA) is 112 Å². The molecular weight excluding hydrogens is 452 g/mol. The smallest absolute Gasteiger partial charge is 0.410 e. The summed E-state index contributed by atoms with van der Waals surface area (Å²) in [5, 5.41) is 10.8. The number of nitro benzene ring substituents is 1. The van der Waals surface area contributed by atoms with Gasteiger partial charge in [0, 0.05) is 43.6 Å². The summed E-state index contributed by atoms with van der Waals surface area (Å²) in [6.45, 7) is 5.02. The number of carbonyl (C=O) groups excluding carboxylic acids is 2. The van der Waals surface area contributed by atoms with Gasteiger partial charge in [0.05, 0.1) is 22.4 Å². The highest BCUT2D eigenvalue weighted by atomic mass is 19.3. The number of carbonyl (C=O) groups is 2. The monoisotopic (exact) mass is 475 g/mol. The van der Waals surface area contributed by atoms with Crippen molar-refractivity contribution in [3.63, 3.8) is 0 Å². The van der Waals surface area contributed by atoms with Gasteiger partial charge in [0.1, 0.15) is 11.4 Å². The summed E-state index contributed by atoms with van der Waals surface area (Å²) in [6, 6.07) is 6.57. The molecule has 2 aliphatic heterocycles. The summed E-state index contributed by atoms with van der Waals surface area (Å²) in [4.78, 5) is 41.0. The number of nitrogens with zero attached hydrogens (tertiary/aromatic N) is 3. The summed E-state index contributed by atoms with van der Waals surface area (Å²) in [5.41, 5.74) is -2.63. The molecule has 3 heterocycles. The first-order valence-corrected chi connectivity index (χ1v) is 10.7. The molecule has 4 rings (SSSR count). The molecule has 1 amide bonds. The maximum absolute atomic E-state index is 15.4. The fourth-order valence-electron chi connectivity index (χ4n) is 4.06. The molecule has 1 aromatic carbocycles. The lowest BCUT2D eigenvalue weighted by Gasteiger charge is -2.47. The Labute approximate surface area is 193 Å². The van der Waals surface area contributed by atoms with Gasteiger partial charge in [0.2, 0.25) is 5.78 Å². The molecule has 0 radical (unpaired) electrons. The van der Waals surface area contributed by atoms with E-state index in [0.29, 0.717) is 5.56 Å². The molecule has 180 valence electrons. The number of rotatable bonds is 2. The van der Waals surface area contributed by atoms with Crippen molar-refractivity contribution in [1.29, 1.82) is 0 Å². The molecular formula is C23H23F2N3O6. The van der Waals surface area contributed by atoms with Crippen molar-refractivity contribution in [2.75, 3.05) is 13.1 Å². The van der Waals surface area contributed by atoms with Crippen LogP contribution >= 0.6 is 0 Å². The molecule has 2 aliphatic rings. The molecule has 9 nitrogen and oxygen atoms in total. The number of piperidine rings is 1. The highest BCUT2D eigenvalue weighted by Crippen LogP contribution is 2.48. The van der Waals surface area contributed by atoms with Crippen molar-refractivity contribution >= 4 is 17.6 Å². The Bertz CT molecular complexity index is 1150. The minimum Gasteiger partial charge on any atom is -0.478 e. The van der Waals surface area contributed by atoms with E-state index in [1.54, 1.807) is 20.8 Å². The van der Waals surface area contributed by atoms with Crippen LogP contribution in [0.15, 0.2) is 36.5 Å². The van der Waals surface area contributed by atoms with Crippen LogP contribution in [0.4, 0.5) is 19.3 Å². The zero-order valence-electron chi connectivity index (χ0n) is 18.8. The molecule has 34 heavy (non-hydrogen) atoms. The number of alkyl halides is 2. The second kappa shape index (κ2) is 8.00. The van der Waals surface area contributed by atoms with Crippen molar-refractivity contribution in [3.05, 3.63) is 52.2 Å². The highest BCUT2D eigenvalue weighted by Gasteiger charge is 2.65. The maximum atomic E-state index is 15.4. The van der Waals surface area contributed by atoms with Gasteiger partial charge in [-0.25, -0.2) is 4.79 Å². The van der Waals surface area contributed by atoms with Gasteiger partial charge in [-0.15, -0.1) is 0 Å². The number of benzene rings is 1. The number of Topliss-reactive ketones (excluding diaryl/α,β-unsaturated/α-hetero) is 1. The van der Waals surface area contributed by atoms with E-state index >= 15 is 8.78 Å². The number of ketones is 1. The summed E-state index contributed by atoms with van der Waals surface area (Å²) in [5.74, 6) is -5.27. The van der Waals surface area contributed by atoms with Gasteiger partial charge < -0.3 is 14.4 Å². The lowest BCUT2D eigenvalue weighted by atomic mass is 9.79. The number of non-ortho nitro benzene ring substituents is 1. The van der Waals surface area contributed by atoms with Crippen LogP contribution in [0.2, 0.25) is 0 Å². The summed E-state index contributed by atoms with van der Waals surface area (Å²) in [6.07, 6.45) is 0.0900. The number of amides is 1. The van der Waals surface area contributed by atoms with Gasteiger partial charge in [0.15, 0.2) is 5.60 Å². The third kappa shape index (κ3) is 4.06. The van der Waals surface area contributed by atoms with E-state index in [1.807, 2.05) is 0 Å². The average Bonchev–Trinajstić information content (AvgIpc) is 2.77. The first-order valence-electron chi connectivity index (χ1n) is 10.7. The third-order valence-corrected chi connectivity index (χ3v) is 5.87. The number of ether oxygens (including phenoxy) is 2. The average molecular weight is 475 g/mol.